The van der Waals surface area contributed by atoms with Gasteiger partial charge in [0.05, 0.1) is 33.0 Å². The van der Waals surface area contributed by atoms with E-state index in [9.17, 15) is 9.59 Å². The molecule has 7 heteroatoms. The smallest absolute Gasteiger partial charge is 0.222 e. The van der Waals surface area contributed by atoms with E-state index in [1.165, 1.54) is 12.0 Å². The van der Waals surface area contributed by atoms with Crippen molar-refractivity contribution in [3.63, 3.8) is 0 Å². The summed E-state index contributed by atoms with van der Waals surface area (Å²) in [5.41, 5.74) is 0. The van der Waals surface area contributed by atoms with Crippen LogP contribution in [-0.2, 0) is 23.2 Å². The number of hydrogen-bond donors (Lipinski definition) is 1. The monoisotopic (exact) mass is 375 g/mol. The van der Waals surface area contributed by atoms with Gasteiger partial charge in [-0.25, -0.2) is 0 Å². The number of rotatable bonds is 14. The molecule has 1 saturated carbocycles. The zero-order valence-electron chi connectivity index (χ0n) is 15.6. The summed E-state index contributed by atoms with van der Waals surface area (Å²) in [7, 11) is 0. The summed E-state index contributed by atoms with van der Waals surface area (Å²) >= 11 is 1.32. The molecule has 1 aliphatic rings. The van der Waals surface area contributed by atoms with Crippen molar-refractivity contribution in [2.45, 2.75) is 45.4 Å². The molecule has 146 valence electrons. The summed E-state index contributed by atoms with van der Waals surface area (Å²) in [6.07, 6.45) is 6.89. The van der Waals surface area contributed by atoms with E-state index in [1.807, 2.05) is 13.2 Å². The summed E-state index contributed by atoms with van der Waals surface area (Å²) in [5.74, 6) is 1.17. The van der Waals surface area contributed by atoms with Gasteiger partial charge in [-0.15, -0.1) is 0 Å². The third-order valence-corrected chi connectivity index (χ3v) is 4.92. The molecule has 0 aromatic carbocycles. The summed E-state index contributed by atoms with van der Waals surface area (Å²) in [5, 5.41) is 2.98. The number of nitrogens with one attached hydrogen (secondary N) is 1. The van der Waals surface area contributed by atoms with Gasteiger partial charge in [-0.05, 0) is 43.6 Å². The maximum absolute atomic E-state index is 11.8. The lowest BCUT2D eigenvalue weighted by atomic mass is 9.79. The van der Waals surface area contributed by atoms with Crippen LogP contribution in [0.3, 0.4) is 0 Å². The first-order valence-electron chi connectivity index (χ1n) is 9.27. The highest BCUT2D eigenvalue weighted by atomic mass is 32.2. The highest BCUT2D eigenvalue weighted by molar-refractivity contribution is 7.93. The van der Waals surface area contributed by atoms with E-state index in [1.54, 1.807) is 0 Å². The predicted molar refractivity (Wildman–Crippen MR) is 99.5 cm³/mol. The van der Waals surface area contributed by atoms with Gasteiger partial charge in [-0.2, -0.15) is 0 Å². The van der Waals surface area contributed by atoms with Crippen molar-refractivity contribution in [2.24, 2.45) is 11.8 Å². The van der Waals surface area contributed by atoms with Crippen LogP contribution in [0, 0.1) is 11.8 Å². The number of amides is 1. The van der Waals surface area contributed by atoms with E-state index in [0.29, 0.717) is 64.1 Å². The molecule has 0 saturated heterocycles. The lowest BCUT2D eigenvalue weighted by Crippen LogP contribution is -2.32. The second-order valence-electron chi connectivity index (χ2n) is 6.30. The van der Waals surface area contributed by atoms with Crippen molar-refractivity contribution in [1.82, 2.24) is 5.32 Å². The van der Waals surface area contributed by atoms with Crippen LogP contribution in [0.4, 0.5) is 0 Å². The molecule has 1 amide bonds. The number of Topliss-reactive ketones (excluding diaryl/α,β-unsaturated/α-hetero) is 1. The molecule has 0 aliphatic heterocycles. The number of hydrogen-bond acceptors (Lipinski definition) is 6. The van der Waals surface area contributed by atoms with Crippen molar-refractivity contribution in [1.29, 1.82) is 0 Å². The molecule has 0 radical (unpaired) electrons. The Morgan fingerprint density at radius 2 is 1.64 bits per heavy atom. The molecule has 0 aromatic rings. The minimum atomic E-state index is 0.0287. The normalized spacial score (nSPS) is 20.4. The van der Waals surface area contributed by atoms with Crippen LogP contribution in [0.5, 0.6) is 0 Å². The van der Waals surface area contributed by atoms with Crippen LogP contribution in [0.1, 0.15) is 45.4 Å². The first kappa shape index (κ1) is 22.4. The van der Waals surface area contributed by atoms with Gasteiger partial charge in [-0.3, -0.25) is 9.59 Å². The van der Waals surface area contributed by atoms with E-state index in [0.717, 1.165) is 25.7 Å². The highest BCUT2D eigenvalue weighted by Crippen LogP contribution is 2.29. The molecule has 0 bridgehead atoms. The standard InChI is InChI=1S/C18H33NO5S/c1-3-17(20)16-6-4-15(5-7-16)14-19-18(21)8-9-22-10-11-23-12-13-24-25-2/h15-16H,3-14H2,1-2H3,(H,19,21). The Bertz CT molecular complexity index is 372. The lowest BCUT2D eigenvalue weighted by molar-refractivity contribution is -0.124. The fourth-order valence-corrected chi connectivity index (χ4v) is 3.22. The molecule has 0 spiro atoms. The first-order chi connectivity index (χ1) is 12.2. The Kier molecular flexibility index (Phi) is 13.0. The molecule has 1 fully saturated rings. The van der Waals surface area contributed by atoms with Crippen molar-refractivity contribution in [3.05, 3.63) is 0 Å². The van der Waals surface area contributed by atoms with Crippen molar-refractivity contribution in [3.8, 4) is 0 Å². The molecule has 1 aliphatic carbocycles. The van der Waals surface area contributed by atoms with Gasteiger partial charge in [0, 0.05) is 31.6 Å². The third-order valence-electron chi connectivity index (χ3n) is 4.51. The molecule has 0 aromatic heterocycles. The van der Waals surface area contributed by atoms with Gasteiger partial charge in [0.2, 0.25) is 5.91 Å². The fourth-order valence-electron chi connectivity index (χ4n) is 2.99. The van der Waals surface area contributed by atoms with E-state index < -0.39 is 0 Å². The molecular weight excluding hydrogens is 342 g/mol. The molecule has 25 heavy (non-hydrogen) atoms. The Balaban J connectivity index is 1.93. The number of carbonyl (C=O) groups excluding carboxylic acids is 2. The van der Waals surface area contributed by atoms with Crippen molar-refractivity contribution in [2.75, 3.05) is 45.8 Å². The van der Waals surface area contributed by atoms with Crippen LogP contribution in [0.25, 0.3) is 0 Å². The molecule has 0 atom stereocenters. The van der Waals surface area contributed by atoms with Gasteiger partial charge >= 0.3 is 0 Å². The van der Waals surface area contributed by atoms with Crippen LogP contribution < -0.4 is 5.32 Å². The topological polar surface area (TPSA) is 73.9 Å². The van der Waals surface area contributed by atoms with E-state index in [-0.39, 0.29) is 11.8 Å². The Hall–Kier alpha value is -0.630. The SMILES string of the molecule is CCC(=O)C1CCC(CNC(=O)CCOCCOCCOSC)CC1. The van der Waals surface area contributed by atoms with Gasteiger partial charge in [0.25, 0.3) is 0 Å². The number of ketones is 1. The van der Waals surface area contributed by atoms with E-state index in [2.05, 4.69) is 5.32 Å². The average Bonchev–Trinajstić information content (AvgIpc) is 2.64. The zero-order chi connectivity index (χ0) is 18.3. The minimum Gasteiger partial charge on any atom is -0.379 e. The summed E-state index contributed by atoms with van der Waals surface area (Å²) in [6.45, 7) is 5.18. The maximum atomic E-state index is 11.8. The molecular formula is C18H33NO5S. The zero-order valence-corrected chi connectivity index (χ0v) is 16.4. The quantitative estimate of drug-likeness (QED) is 0.372. The predicted octanol–water partition coefficient (Wildman–Crippen LogP) is 2.61. The Morgan fingerprint density at radius 1 is 1.00 bits per heavy atom. The summed E-state index contributed by atoms with van der Waals surface area (Å²) in [6, 6.07) is 0. The second kappa shape index (κ2) is 14.5. The van der Waals surface area contributed by atoms with Gasteiger partial charge in [0.1, 0.15) is 5.78 Å². The highest BCUT2D eigenvalue weighted by Gasteiger charge is 2.25. The van der Waals surface area contributed by atoms with Gasteiger partial charge in [0.15, 0.2) is 0 Å². The summed E-state index contributed by atoms with van der Waals surface area (Å²) in [4.78, 5) is 23.5. The Morgan fingerprint density at radius 3 is 2.28 bits per heavy atom. The largest absolute Gasteiger partial charge is 0.379 e. The minimum absolute atomic E-state index is 0.0287. The number of ether oxygens (including phenoxy) is 2. The van der Waals surface area contributed by atoms with Crippen LogP contribution >= 0.6 is 12.0 Å². The van der Waals surface area contributed by atoms with Crippen LogP contribution in [-0.4, -0.2) is 57.5 Å². The molecule has 1 rings (SSSR count). The van der Waals surface area contributed by atoms with Crippen molar-refractivity contribution >= 4 is 23.7 Å². The van der Waals surface area contributed by atoms with E-state index in [4.69, 9.17) is 13.7 Å². The average molecular weight is 376 g/mol. The lowest BCUT2D eigenvalue weighted by Gasteiger charge is -2.27. The Labute approximate surface area is 155 Å². The van der Waals surface area contributed by atoms with Gasteiger partial charge < -0.3 is 19.0 Å². The molecule has 1 N–H and O–H groups in total. The van der Waals surface area contributed by atoms with Crippen LogP contribution in [0.15, 0.2) is 0 Å². The van der Waals surface area contributed by atoms with Gasteiger partial charge in [-0.1, -0.05) is 6.92 Å². The van der Waals surface area contributed by atoms with Crippen LogP contribution in [0.2, 0.25) is 0 Å². The molecule has 6 nitrogen and oxygen atoms in total. The third kappa shape index (κ3) is 10.8. The number of carbonyl (C=O) groups is 2. The molecule has 0 unspecified atom stereocenters. The van der Waals surface area contributed by atoms with Crippen molar-refractivity contribution < 1.29 is 23.2 Å². The fraction of sp³-hybridized carbons (Fsp3) is 0.889. The molecule has 0 heterocycles. The summed E-state index contributed by atoms with van der Waals surface area (Å²) < 4.78 is 15.8. The van der Waals surface area contributed by atoms with E-state index >= 15 is 0 Å². The first-order valence-corrected chi connectivity index (χ1v) is 10.4. The maximum Gasteiger partial charge on any atom is 0.222 e. The second-order valence-corrected chi connectivity index (χ2v) is 6.87.